The molecular formula is C19H21FN4O3S. The minimum Gasteiger partial charge on any atom is -0.507 e. The number of hydrogen-bond acceptors (Lipinski definition) is 8. The first-order valence-electron chi connectivity index (χ1n) is 8.59. The normalized spacial score (nSPS) is 15.8. The summed E-state index contributed by atoms with van der Waals surface area (Å²) in [6, 6.07) is 7.25. The summed E-state index contributed by atoms with van der Waals surface area (Å²) in [6.07, 6.45) is 3.66. The fraction of sp³-hybridized carbons (Fsp3) is 0.263. The van der Waals surface area contributed by atoms with Gasteiger partial charge in [0.2, 0.25) is 0 Å². The lowest BCUT2D eigenvalue weighted by molar-refractivity contribution is 0.141. The van der Waals surface area contributed by atoms with Crippen LogP contribution in [0.2, 0.25) is 0 Å². The number of nitrogens with two attached hydrogens (primary N) is 1. The van der Waals surface area contributed by atoms with Crippen LogP contribution < -0.4 is 15.8 Å². The standard InChI is InChI=1S/C18H17FN4O3.CH4S/c19-10-1-2-13(16(5-10)26-12-3-4-25-8-12)23-18-17-14(21-9-22-18)6-11(20)7-15(17)24;1-2/h1-2,5-7,9,12,24H,3-4,8,20H2,(H,21,22,23);2H,1H3. The van der Waals surface area contributed by atoms with Crippen molar-refractivity contribution in [2.24, 2.45) is 0 Å². The Morgan fingerprint density at radius 3 is 2.86 bits per heavy atom. The van der Waals surface area contributed by atoms with Crippen LogP contribution in [0.15, 0.2) is 36.7 Å². The van der Waals surface area contributed by atoms with E-state index < -0.39 is 5.82 Å². The number of aromatic nitrogens is 2. The number of thiol groups is 1. The highest BCUT2D eigenvalue weighted by Crippen LogP contribution is 2.35. The molecule has 4 N–H and O–H groups in total. The van der Waals surface area contributed by atoms with Crippen LogP contribution in [-0.4, -0.2) is 40.6 Å². The quantitative estimate of drug-likeness (QED) is 0.390. The number of halogens is 1. The number of fused-ring (bicyclic) bond motifs is 1. The molecule has 9 heteroatoms. The molecule has 0 aliphatic carbocycles. The molecule has 0 saturated carbocycles. The lowest BCUT2D eigenvalue weighted by Crippen LogP contribution is -2.16. The zero-order valence-electron chi connectivity index (χ0n) is 15.2. The molecule has 2 aromatic carbocycles. The van der Waals surface area contributed by atoms with E-state index in [4.69, 9.17) is 15.2 Å². The molecule has 1 saturated heterocycles. The molecule has 1 unspecified atom stereocenters. The number of anilines is 3. The number of hydrogen-bond donors (Lipinski definition) is 4. The Kier molecular flexibility index (Phi) is 6.37. The smallest absolute Gasteiger partial charge is 0.146 e. The maximum Gasteiger partial charge on any atom is 0.146 e. The number of nitrogen functional groups attached to an aromatic ring is 1. The zero-order chi connectivity index (χ0) is 20.1. The van der Waals surface area contributed by atoms with E-state index in [1.807, 2.05) is 0 Å². The van der Waals surface area contributed by atoms with Gasteiger partial charge in [0.1, 0.15) is 35.6 Å². The fourth-order valence-corrected chi connectivity index (χ4v) is 2.90. The maximum atomic E-state index is 13.7. The number of phenols is 1. The van der Waals surface area contributed by atoms with Gasteiger partial charge < -0.3 is 25.6 Å². The van der Waals surface area contributed by atoms with E-state index in [2.05, 4.69) is 27.9 Å². The Morgan fingerprint density at radius 1 is 1.29 bits per heavy atom. The molecule has 0 radical (unpaired) electrons. The van der Waals surface area contributed by atoms with Gasteiger partial charge in [-0.1, -0.05) is 0 Å². The molecule has 0 bridgehead atoms. The van der Waals surface area contributed by atoms with Gasteiger partial charge in [0.05, 0.1) is 29.8 Å². The number of rotatable bonds is 4. The highest BCUT2D eigenvalue weighted by atomic mass is 32.1. The molecular weight excluding hydrogens is 383 g/mol. The second-order valence-corrected chi connectivity index (χ2v) is 6.03. The Hall–Kier alpha value is -2.78. The number of benzene rings is 2. The molecule has 28 heavy (non-hydrogen) atoms. The third-order valence-corrected chi connectivity index (χ3v) is 4.12. The third kappa shape index (κ3) is 4.37. The number of ether oxygens (including phenoxy) is 2. The van der Waals surface area contributed by atoms with Gasteiger partial charge in [0.15, 0.2) is 0 Å². The van der Waals surface area contributed by atoms with E-state index in [1.165, 1.54) is 24.5 Å². The second kappa shape index (κ2) is 8.94. The highest BCUT2D eigenvalue weighted by Gasteiger charge is 2.20. The van der Waals surface area contributed by atoms with Crippen LogP contribution in [-0.2, 0) is 4.74 Å². The summed E-state index contributed by atoms with van der Waals surface area (Å²) in [5, 5.41) is 13.8. The van der Waals surface area contributed by atoms with Crippen LogP contribution >= 0.6 is 12.6 Å². The molecule has 2 heterocycles. The molecule has 4 rings (SSSR count). The maximum absolute atomic E-state index is 13.7. The minimum absolute atomic E-state index is 0.0446. The van der Waals surface area contributed by atoms with Crippen molar-refractivity contribution < 1.29 is 19.0 Å². The number of nitrogens with zero attached hydrogens (tertiary/aromatic N) is 2. The van der Waals surface area contributed by atoms with Crippen molar-refractivity contribution in [2.45, 2.75) is 12.5 Å². The van der Waals surface area contributed by atoms with Crippen LogP contribution in [0.4, 0.5) is 21.6 Å². The molecule has 148 valence electrons. The fourth-order valence-electron chi connectivity index (χ4n) is 2.90. The lowest BCUT2D eigenvalue weighted by atomic mass is 10.2. The van der Waals surface area contributed by atoms with Crippen molar-refractivity contribution in [1.29, 1.82) is 0 Å². The Bertz CT molecular complexity index is 967. The summed E-state index contributed by atoms with van der Waals surface area (Å²) < 4.78 is 24.9. The number of nitrogens with one attached hydrogen (secondary N) is 1. The van der Waals surface area contributed by atoms with Crippen LogP contribution in [0.3, 0.4) is 0 Å². The summed E-state index contributed by atoms with van der Waals surface area (Å²) in [5.74, 6) is 0.262. The predicted octanol–water partition coefficient (Wildman–Crippen LogP) is 3.51. The molecule has 7 nitrogen and oxygen atoms in total. The Labute approximate surface area is 167 Å². The largest absolute Gasteiger partial charge is 0.507 e. The van der Waals surface area contributed by atoms with Crippen molar-refractivity contribution in [2.75, 3.05) is 30.5 Å². The highest BCUT2D eigenvalue weighted by molar-refractivity contribution is 7.79. The summed E-state index contributed by atoms with van der Waals surface area (Å²) >= 11 is 3.53. The van der Waals surface area contributed by atoms with Crippen molar-refractivity contribution >= 4 is 40.7 Å². The van der Waals surface area contributed by atoms with E-state index in [0.29, 0.717) is 47.1 Å². The predicted molar refractivity (Wildman–Crippen MR) is 110 cm³/mol. The monoisotopic (exact) mass is 404 g/mol. The molecule has 1 atom stereocenters. The summed E-state index contributed by atoms with van der Waals surface area (Å²) in [6.45, 7) is 1.08. The van der Waals surface area contributed by atoms with E-state index >= 15 is 0 Å². The van der Waals surface area contributed by atoms with Gasteiger partial charge in [-0.25, -0.2) is 14.4 Å². The summed E-state index contributed by atoms with van der Waals surface area (Å²) in [7, 11) is 0. The number of aromatic hydroxyl groups is 1. The van der Waals surface area contributed by atoms with Gasteiger partial charge in [-0.3, -0.25) is 0 Å². The summed E-state index contributed by atoms with van der Waals surface area (Å²) in [4.78, 5) is 8.32. The van der Waals surface area contributed by atoms with Gasteiger partial charge in [-0.05, 0) is 24.5 Å². The van der Waals surface area contributed by atoms with Gasteiger partial charge in [0.25, 0.3) is 0 Å². The number of phenolic OH excluding ortho intramolecular Hbond substituents is 1. The van der Waals surface area contributed by atoms with E-state index in [1.54, 1.807) is 18.4 Å². The minimum atomic E-state index is -0.410. The van der Waals surface area contributed by atoms with Gasteiger partial charge in [-0.2, -0.15) is 12.6 Å². The molecule has 1 aliphatic heterocycles. The second-order valence-electron chi connectivity index (χ2n) is 6.03. The topological polar surface area (TPSA) is 103 Å². The van der Waals surface area contributed by atoms with Gasteiger partial charge >= 0.3 is 0 Å². The average molecular weight is 404 g/mol. The molecule has 0 amide bonds. The van der Waals surface area contributed by atoms with Gasteiger partial charge in [-0.15, -0.1) is 0 Å². The van der Waals surface area contributed by atoms with Crippen molar-refractivity contribution in [3.05, 3.63) is 42.5 Å². The third-order valence-electron chi connectivity index (χ3n) is 4.12. The zero-order valence-corrected chi connectivity index (χ0v) is 16.1. The van der Waals surface area contributed by atoms with Crippen molar-refractivity contribution in [3.8, 4) is 11.5 Å². The molecule has 3 aromatic rings. The van der Waals surface area contributed by atoms with Crippen LogP contribution in [0.5, 0.6) is 11.5 Å². The van der Waals surface area contributed by atoms with Crippen LogP contribution in [0.25, 0.3) is 10.9 Å². The van der Waals surface area contributed by atoms with E-state index in [0.717, 1.165) is 6.42 Å². The average Bonchev–Trinajstić information content (AvgIpc) is 3.18. The lowest BCUT2D eigenvalue weighted by Gasteiger charge is -2.17. The summed E-state index contributed by atoms with van der Waals surface area (Å²) in [5.41, 5.74) is 7.16. The molecule has 1 fully saturated rings. The van der Waals surface area contributed by atoms with E-state index in [9.17, 15) is 9.50 Å². The van der Waals surface area contributed by atoms with Gasteiger partial charge in [0, 0.05) is 24.2 Å². The molecule has 1 aromatic heterocycles. The first-order chi connectivity index (χ1) is 13.6. The first kappa shape index (κ1) is 20.0. The van der Waals surface area contributed by atoms with Crippen LogP contribution in [0, 0.1) is 5.82 Å². The molecule has 0 spiro atoms. The van der Waals surface area contributed by atoms with Crippen molar-refractivity contribution in [3.63, 3.8) is 0 Å². The Morgan fingerprint density at radius 2 is 2.11 bits per heavy atom. The van der Waals surface area contributed by atoms with E-state index in [-0.39, 0.29) is 11.9 Å². The Balaban J connectivity index is 0.00000109. The molecule has 1 aliphatic rings. The van der Waals surface area contributed by atoms with Crippen molar-refractivity contribution in [1.82, 2.24) is 9.97 Å². The SMILES string of the molecule is CS.Nc1cc(O)c2c(Nc3ccc(F)cc3OC3CCOC3)ncnc2c1. The first-order valence-corrected chi connectivity index (χ1v) is 9.48. The van der Waals surface area contributed by atoms with Crippen LogP contribution in [0.1, 0.15) is 6.42 Å².